The molecule has 2 N–H and O–H groups in total. The lowest BCUT2D eigenvalue weighted by molar-refractivity contribution is -0.136. The van der Waals surface area contributed by atoms with Gasteiger partial charge in [0.15, 0.2) is 0 Å². The van der Waals surface area contributed by atoms with E-state index in [1.165, 1.54) is 4.90 Å². The summed E-state index contributed by atoms with van der Waals surface area (Å²) in [6, 6.07) is 11.3. The number of nitrogens with one attached hydrogen (secondary N) is 2. The molecule has 1 aliphatic heterocycles. The van der Waals surface area contributed by atoms with Gasteiger partial charge in [-0.15, -0.1) is 0 Å². The Bertz CT molecular complexity index is 1080. The summed E-state index contributed by atoms with van der Waals surface area (Å²) in [6.45, 7) is 4.21. The summed E-state index contributed by atoms with van der Waals surface area (Å²) in [5.41, 5.74) is 2.51. The Hall–Kier alpha value is -2.91. The lowest BCUT2D eigenvalue weighted by Gasteiger charge is -2.24. The fourth-order valence-corrected chi connectivity index (χ4v) is 4.75. The number of rotatable bonds is 8. The van der Waals surface area contributed by atoms with Gasteiger partial charge in [-0.3, -0.25) is 9.59 Å². The van der Waals surface area contributed by atoms with Crippen LogP contribution >= 0.6 is 0 Å². The molecule has 0 bridgehead atoms. The van der Waals surface area contributed by atoms with Crippen LogP contribution in [0.25, 0.3) is 0 Å². The molecule has 1 saturated heterocycles. The second-order valence-electron chi connectivity index (χ2n) is 7.86. The average Bonchev–Trinajstić information content (AvgIpc) is 3.26. The van der Waals surface area contributed by atoms with Crippen LogP contribution in [-0.2, 0) is 19.6 Å². The predicted octanol–water partition coefficient (Wildman–Crippen LogP) is 2.61. The maximum atomic E-state index is 12.7. The van der Waals surface area contributed by atoms with Crippen molar-refractivity contribution < 1.29 is 22.7 Å². The van der Waals surface area contributed by atoms with Gasteiger partial charge in [0, 0.05) is 25.2 Å². The van der Waals surface area contributed by atoms with E-state index in [2.05, 4.69) is 10.0 Å². The Morgan fingerprint density at radius 3 is 2.47 bits per heavy atom. The second-order valence-corrected chi connectivity index (χ2v) is 9.62. The first kappa shape index (κ1) is 23.7. The SMILES string of the molecule is COc1ccc(NC(=O)C2CCCN2C(=O)CCNS(=O)(=O)c2ccc(C)c(C)c2)cc1. The van der Waals surface area contributed by atoms with Crippen LogP contribution in [0.15, 0.2) is 47.4 Å². The van der Waals surface area contributed by atoms with E-state index in [4.69, 9.17) is 4.74 Å². The summed E-state index contributed by atoms with van der Waals surface area (Å²) < 4.78 is 32.6. The molecule has 8 nitrogen and oxygen atoms in total. The number of carbonyl (C=O) groups is 2. The van der Waals surface area contributed by atoms with E-state index < -0.39 is 16.1 Å². The number of likely N-dealkylation sites (tertiary alicyclic amines) is 1. The summed E-state index contributed by atoms with van der Waals surface area (Å²) in [4.78, 5) is 27.1. The van der Waals surface area contributed by atoms with Crippen LogP contribution < -0.4 is 14.8 Å². The largest absolute Gasteiger partial charge is 0.497 e. The molecule has 1 unspecified atom stereocenters. The maximum Gasteiger partial charge on any atom is 0.247 e. The number of benzene rings is 2. The van der Waals surface area contributed by atoms with Gasteiger partial charge in [0.05, 0.1) is 12.0 Å². The Morgan fingerprint density at radius 1 is 1.09 bits per heavy atom. The zero-order chi connectivity index (χ0) is 23.3. The minimum absolute atomic E-state index is 0.0175. The molecule has 2 aromatic carbocycles. The molecule has 1 atom stereocenters. The van der Waals surface area contributed by atoms with Crippen molar-refractivity contribution >= 4 is 27.5 Å². The zero-order valence-electron chi connectivity index (χ0n) is 18.6. The minimum Gasteiger partial charge on any atom is -0.497 e. The number of sulfonamides is 1. The lowest BCUT2D eigenvalue weighted by Crippen LogP contribution is -2.44. The van der Waals surface area contributed by atoms with Crippen LogP contribution in [0.4, 0.5) is 5.69 Å². The summed E-state index contributed by atoms with van der Waals surface area (Å²) in [6.07, 6.45) is 1.28. The van der Waals surface area contributed by atoms with Crippen LogP contribution in [-0.4, -0.2) is 51.4 Å². The number of carbonyl (C=O) groups excluding carboxylic acids is 2. The van der Waals surface area contributed by atoms with E-state index in [-0.39, 0.29) is 29.7 Å². The first-order valence-corrected chi connectivity index (χ1v) is 12.0. The molecule has 1 aliphatic rings. The van der Waals surface area contributed by atoms with E-state index >= 15 is 0 Å². The lowest BCUT2D eigenvalue weighted by atomic mass is 10.1. The summed E-state index contributed by atoms with van der Waals surface area (Å²) >= 11 is 0. The van der Waals surface area contributed by atoms with E-state index in [0.29, 0.717) is 24.4 Å². The number of amides is 2. The van der Waals surface area contributed by atoms with Gasteiger partial charge >= 0.3 is 0 Å². The molecule has 1 heterocycles. The molecule has 172 valence electrons. The van der Waals surface area contributed by atoms with Gasteiger partial charge in [0.2, 0.25) is 21.8 Å². The minimum atomic E-state index is -3.71. The van der Waals surface area contributed by atoms with Crippen molar-refractivity contribution in [2.45, 2.75) is 44.0 Å². The molecule has 0 aromatic heterocycles. The van der Waals surface area contributed by atoms with Gasteiger partial charge in [-0.1, -0.05) is 6.07 Å². The van der Waals surface area contributed by atoms with Gasteiger partial charge in [0.1, 0.15) is 11.8 Å². The highest BCUT2D eigenvalue weighted by molar-refractivity contribution is 7.89. The summed E-state index contributed by atoms with van der Waals surface area (Å²) in [5, 5.41) is 2.83. The van der Waals surface area contributed by atoms with Crippen LogP contribution in [0.2, 0.25) is 0 Å². The van der Waals surface area contributed by atoms with Gasteiger partial charge in [-0.05, 0) is 74.2 Å². The molecule has 0 radical (unpaired) electrons. The number of methoxy groups -OCH3 is 1. The topological polar surface area (TPSA) is 105 Å². The monoisotopic (exact) mass is 459 g/mol. The maximum absolute atomic E-state index is 12.7. The molecular weight excluding hydrogens is 430 g/mol. The summed E-state index contributed by atoms with van der Waals surface area (Å²) in [5.74, 6) is 0.181. The van der Waals surface area contributed by atoms with Crippen molar-refractivity contribution in [3.8, 4) is 5.75 Å². The third-order valence-electron chi connectivity index (χ3n) is 5.65. The van der Waals surface area contributed by atoms with Crippen molar-refractivity contribution in [2.75, 3.05) is 25.5 Å². The fraction of sp³-hybridized carbons (Fsp3) is 0.391. The van der Waals surface area contributed by atoms with Crippen molar-refractivity contribution in [3.05, 3.63) is 53.6 Å². The van der Waals surface area contributed by atoms with E-state index in [1.54, 1.807) is 49.6 Å². The quantitative estimate of drug-likeness (QED) is 0.631. The number of anilines is 1. The van der Waals surface area contributed by atoms with Gasteiger partial charge in [-0.25, -0.2) is 13.1 Å². The molecule has 9 heteroatoms. The van der Waals surface area contributed by atoms with Crippen molar-refractivity contribution in [1.29, 1.82) is 0 Å². The molecule has 1 fully saturated rings. The predicted molar refractivity (Wildman–Crippen MR) is 122 cm³/mol. The van der Waals surface area contributed by atoms with Crippen LogP contribution in [0.1, 0.15) is 30.4 Å². The molecule has 3 rings (SSSR count). The first-order valence-electron chi connectivity index (χ1n) is 10.5. The van der Waals surface area contributed by atoms with Gasteiger partial charge in [-0.2, -0.15) is 0 Å². The highest BCUT2D eigenvalue weighted by atomic mass is 32.2. The number of hydrogen-bond donors (Lipinski definition) is 2. The molecule has 0 spiro atoms. The number of nitrogens with zero attached hydrogens (tertiary/aromatic N) is 1. The standard InChI is InChI=1S/C23H29N3O5S/c1-16-6-11-20(15-17(16)2)32(29,30)24-13-12-22(27)26-14-4-5-21(26)23(28)25-18-7-9-19(31-3)10-8-18/h6-11,15,21,24H,4-5,12-14H2,1-3H3,(H,25,28). The highest BCUT2D eigenvalue weighted by Gasteiger charge is 2.33. The number of ether oxygens (including phenoxy) is 1. The van der Waals surface area contributed by atoms with Crippen molar-refractivity contribution in [3.63, 3.8) is 0 Å². The Labute approximate surface area is 189 Å². The summed E-state index contributed by atoms with van der Waals surface area (Å²) in [7, 11) is -2.14. The Kier molecular flexibility index (Phi) is 7.52. The molecule has 2 aromatic rings. The normalized spacial score (nSPS) is 16.1. The molecular formula is C23H29N3O5S. The number of hydrogen-bond acceptors (Lipinski definition) is 5. The van der Waals surface area contributed by atoms with Crippen LogP contribution in [0.3, 0.4) is 0 Å². The smallest absolute Gasteiger partial charge is 0.247 e. The van der Waals surface area contributed by atoms with Crippen molar-refractivity contribution in [1.82, 2.24) is 9.62 Å². The van der Waals surface area contributed by atoms with Crippen molar-refractivity contribution in [2.24, 2.45) is 0 Å². The second kappa shape index (κ2) is 10.1. The van der Waals surface area contributed by atoms with Gasteiger partial charge < -0.3 is 15.0 Å². The highest BCUT2D eigenvalue weighted by Crippen LogP contribution is 2.21. The van der Waals surface area contributed by atoms with E-state index in [0.717, 1.165) is 17.5 Å². The van der Waals surface area contributed by atoms with Crippen LogP contribution in [0, 0.1) is 13.8 Å². The zero-order valence-corrected chi connectivity index (χ0v) is 19.4. The molecule has 0 saturated carbocycles. The van der Waals surface area contributed by atoms with E-state index in [9.17, 15) is 18.0 Å². The third-order valence-corrected chi connectivity index (χ3v) is 7.11. The van der Waals surface area contributed by atoms with Gasteiger partial charge in [0.25, 0.3) is 0 Å². The van der Waals surface area contributed by atoms with Crippen LogP contribution in [0.5, 0.6) is 5.75 Å². The average molecular weight is 460 g/mol. The fourth-order valence-electron chi connectivity index (χ4n) is 3.64. The molecule has 32 heavy (non-hydrogen) atoms. The van der Waals surface area contributed by atoms with E-state index in [1.807, 2.05) is 13.8 Å². The Balaban J connectivity index is 1.55. The third kappa shape index (κ3) is 5.66. The molecule has 0 aliphatic carbocycles. The first-order chi connectivity index (χ1) is 15.2. The Morgan fingerprint density at radius 2 is 1.81 bits per heavy atom. The number of aryl methyl sites for hydroxylation is 2. The molecule has 2 amide bonds.